The monoisotopic (exact) mass is 346 g/mol. The largest absolute Gasteiger partial charge is 0.482 e. The highest BCUT2D eigenvalue weighted by atomic mass is 32.1. The second kappa shape index (κ2) is 9.07. The third-order valence-electron chi connectivity index (χ3n) is 4.33. The van der Waals surface area contributed by atoms with Crippen molar-refractivity contribution in [1.29, 1.82) is 0 Å². The van der Waals surface area contributed by atoms with Gasteiger partial charge in [-0.1, -0.05) is 56.2 Å². The summed E-state index contributed by atoms with van der Waals surface area (Å²) in [5.41, 5.74) is 5.15. The van der Waals surface area contributed by atoms with Gasteiger partial charge in [0.1, 0.15) is 0 Å². The molecular weight excluding hydrogens is 316 g/mol. The van der Waals surface area contributed by atoms with Crippen LogP contribution in [-0.4, -0.2) is 18.1 Å². The summed E-state index contributed by atoms with van der Waals surface area (Å²) in [4.78, 5) is 4.60. The molecule has 0 aliphatic carbocycles. The van der Waals surface area contributed by atoms with Crippen molar-refractivity contribution in [2.75, 3.05) is 18.5 Å². The van der Waals surface area contributed by atoms with Crippen LogP contribution in [0.25, 0.3) is 0 Å². The highest BCUT2D eigenvalue weighted by Gasteiger charge is 2.13. The van der Waals surface area contributed by atoms with Crippen molar-refractivity contribution in [1.82, 2.24) is 4.98 Å². The van der Waals surface area contributed by atoms with E-state index in [1.807, 2.05) is 6.92 Å². The molecule has 1 heterocycles. The van der Waals surface area contributed by atoms with Crippen molar-refractivity contribution in [3.05, 3.63) is 40.6 Å². The van der Waals surface area contributed by atoms with Crippen molar-refractivity contribution in [2.45, 2.75) is 59.8 Å². The van der Waals surface area contributed by atoms with E-state index in [0.717, 1.165) is 35.5 Å². The lowest BCUT2D eigenvalue weighted by Crippen LogP contribution is -2.12. The summed E-state index contributed by atoms with van der Waals surface area (Å²) in [7, 11) is 0. The Balaban J connectivity index is 1.92. The zero-order valence-corrected chi connectivity index (χ0v) is 16.4. The molecule has 1 aromatic carbocycles. The first-order valence-electron chi connectivity index (χ1n) is 8.93. The van der Waals surface area contributed by atoms with E-state index in [-0.39, 0.29) is 0 Å². The highest BCUT2D eigenvalue weighted by Crippen LogP contribution is 2.31. The predicted octanol–water partition coefficient (Wildman–Crippen LogP) is 5.85. The molecule has 2 aromatic rings. The Morgan fingerprint density at radius 2 is 1.88 bits per heavy atom. The minimum absolute atomic E-state index is 0.448. The fourth-order valence-corrected chi connectivity index (χ4v) is 3.91. The van der Waals surface area contributed by atoms with E-state index in [0.29, 0.717) is 5.92 Å². The number of unbranched alkanes of at least 4 members (excludes halogenated alkanes) is 2. The third-order valence-corrected chi connectivity index (χ3v) is 5.36. The number of thiazole rings is 1. The molecule has 3 nitrogen and oxygen atoms in total. The van der Waals surface area contributed by atoms with Gasteiger partial charge >= 0.3 is 0 Å². The summed E-state index contributed by atoms with van der Waals surface area (Å²) in [5, 5.41) is 5.39. The number of nitrogens with one attached hydrogen (secondary N) is 1. The Hall–Kier alpha value is -1.55. The molecule has 0 spiro atoms. The molecule has 1 N–H and O–H groups in total. The minimum Gasteiger partial charge on any atom is -0.482 e. The van der Waals surface area contributed by atoms with Crippen molar-refractivity contribution >= 4 is 16.5 Å². The molecule has 0 radical (unpaired) electrons. The Morgan fingerprint density at radius 3 is 2.54 bits per heavy atom. The normalized spacial score (nSPS) is 12.2. The van der Waals surface area contributed by atoms with Crippen LogP contribution in [0.4, 0.5) is 5.13 Å². The number of anilines is 1. The molecule has 0 saturated carbocycles. The molecule has 132 valence electrons. The van der Waals surface area contributed by atoms with Crippen LogP contribution in [0.5, 0.6) is 5.06 Å². The average molecular weight is 347 g/mol. The second-order valence-corrected chi connectivity index (χ2v) is 7.50. The SMILES string of the molecule is CCCCCOc1sc(NCC(C)c2c(C)cccc2C)nc1C. The molecule has 0 amide bonds. The van der Waals surface area contributed by atoms with E-state index in [4.69, 9.17) is 4.74 Å². The number of hydrogen-bond acceptors (Lipinski definition) is 4. The van der Waals surface area contributed by atoms with E-state index < -0.39 is 0 Å². The van der Waals surface area contributed by atoms with Gasteiger partial charge in [-0.2, -0.15) is 0 Å². The lowest BCUT2D eigenvalue weighted by molar-refractivity contribution is 0.312. The van der Waals surface area contributed by atoms with Gasteiger partial charge in [-0.05, 0) is 49.8 Å². The first-order valence-corrected chi connectivity index (χ1v) is 9.74. The zero-order chi connectivity index (χ0) is 17.5. The van der Waals surface area contributed by atoms with E-state index in [2.05, 4.69) is 56.2 Å². The van der Waals surface area contributed by atoms with Crippen LogP contribution in [0.3, 0.4) is 0 Å². The van der Waals surface area contributed by atoms with E-state index >= 15 is 0 Å². The van der Waals surface area contributed by atoms with Crippen molar-refractivity contribution in [3.63, 3.8) is 0 Å². The molecule has 0 saturated heterocycles. The fourth-order valence-electron chi connectivity index (χ4n) is 3.06. The first kappa shape index (κ1) is 18.8. The van der Waals surface area contributed by atoms with Crippen molar-refractivity contribution < 1.29 is 4.74 Å². The lowest BCUT2D eigenvalue weighted by atomic mass is 9.92. The number of aromatic nitrogens is 1. The van der Waals surface area contributed by atoms with Crippen LogP contribution in [0.15, 0.2) is 18.2 Å². The molecule has 1 atom stereocenters. The Bertz CT molecular complexity index is 631. The number of ether oxygens (including phenoxy) is 1. The maximum absolute atomic E-state index is 5.87. The molecule has 0 bridgehead atoms. The van der Waals surface area contributed by atoms with Crippen LogP contribution in [0, 0.1) is 20.8 Å². The quantitative estimate of drug-likeness (QED) is 0.578. The molecule has 0 fully saturated rings. The smallest absolute Gasteiger partial charge is 0.198 e. The van der Waals surface area contributed by atoms with Gasteiger partial charge in [0, 0.05) is 6.54 Å². The molecule has 4 heteroatoms. The zero-order valence-electron chi connectivity index (χ0n) is 15.6. The molecular formula is C20H30N2OS. The van der Waals surface area contributed by atoms with Gasteiger partial charge < -0.3 is 10.1 Å². The third kappa shape index (κ3) is 4.97. The van der Waals surface area contributed by atoms with Crippen LogP contribution in [0.2, 0.25) is 0 Å². The summed E-state index contributed by atoms with van der Waals surface area (Å²) in [5.74, 6) is 0.448. The number of nitrogens with zero attached hydrogens (tertiary/aromatic N) is 1. The van der Waals surface area contributed by atoms with E-state index in [9.17, 15) is 0 Å². The topological polar surface area (TPSA) is 34.1 Å². The van der Waals surface area contributed by atoms with Crippen LogP contribution < -0.4 is 10.1 Å². The van der Waals surface area contributed by atoms with Crippen molar-refractivity contribution in [3.8, 4) is 5.06 Å². The summed E-state index contributed by atoms with van der Waals surface area (Å²) in [6.45, 7) is 12.5. The molecule has 0 aliphatic rings. The maximum atomic E-state index is 5.87. The Kier molecular flexibility index (Phi) is 7.10. The van der Waals surface area contributed by atoms with Crippen LogP contribution >= 0.6 is 11.3 Å². The predicted molar refractivity (Wildman–Crippen MR) is 105 cm³/mol. The van der Waals surface area contributed by atoms with Crippen LogP contribution in [0.1, 0.15) is 61.4 Å². The average Bonchev–Trinajstić information content (AvgIpc) is 2.89. The highest BCUT2D eigenvalue weighted by molar-refractivity contribution is 7.17. The second-order valence-electron chi connectivity index (χ2n) is 6.53. The number of hydrogen-bond donors (Lipinski definition) is 1. The van der Waals surface area contributed by atoms with Crippen molar-refractivity contribution in [2.24, 2.45) is 0 Å². The lowest BCUT2D eigenvalue weighted by Gasteiger charge is -2.17. The van der Waals surface area contributed by atoms with Gasteiger partial charge in [0.05, 0.1) is 12.3 Å². The standard InChI is InChI=1S/C20H30N2OS/c1-6-7-8-12-23-19-17(5)22-20(24-19)21-13-16(4)18-14(2)10-9-11-15(18)3/h9-11,16H,6-8,12-13H2,1-5H3,(H,21,22). The number of rotatable bonds is 9. The molecule has 1 aromatic heterocycles. The summed E-state index contributed by atoms with van der Waals surface area (Å²) >= 11 is 1.62. The summed E-state index contributed by atoms with van der Waals surface area (Å²) in [6.07, 6.45) is 3.55. The van der Waals surface area contributed by atoms with Gasteiger partial charge in [0.25, 0.3) is 0 Å². The number of aryl methyl sites for hydroxylation is 3. The van der Waals surface area contributed by atoms with Gasteiger partial charge in [-0.3, -0.25) is 0 Å². The fraction of sp³-hybridized carbons (Fsp3) is 0.550. The van der Waals surface area contributed by atoms with Gasteiger partial charge in [-0.25, -0.2) is 4.98 Å². The summed E-state index contributed by atoms with van der Waals surface area (Å²) < 4.78 is 5.87. The van der Waals surface area contributed by atoms with E-state index in [1.165, 1.54) is 29.5 Å². The van der Waals surface area contributed by atoms with Gasteiger partial charge in [0.2, 0.25) is 0 Å². The Labute approximate surface area is 150 Å². The molecule has 2 rings (SSSR count). The first-order chi connectivity index (χ1) is 11.5. The molecule has 24 heavy (non-hydrogen) atoms. The molecule has 0 aliphatic heterocycles. The van der Waals surface area contributed by atoms with Crippen LogP contribution in [-0.2, 0) is 0 Å². The van der Waals surface area contributed by atoms with Gasteiger partial charge in [-0.15, -0.1) is 0 Å². The minimum atomic E-state index is 0.448. The maximum Gasteiger partial charge on any atom is 0.198 e. The van der Waals surface area contributed by atoms with Gasteiger partial charge in [0.15, 0.2) is 10.2 Å². The number of benzene rings is 1. The molecule has 1 unspecified atom stereocenters. The summed E-state index contributed by atoms with van der Waals surface area (Å²) in [6, 6.07) is 6.50. The Morgan fingerprint density at radius 1 is 1.17 bits per heavy atom. The van der Waals surface area contributed by atoms with E-state index in [1.54, 1.807) is 11.3 Å².